The molecule has 1 aromatic rings. The van der Waals surface area contributed by atoms with Gasteiger partial charge in [0.05, 0.1) is 24.2 Å². The molecule has 0 aliphatic carbocycles. The second kappa shape index (κ2) is 11.0. The summed E-state index contributed by atoms with van der Waals surface area (Å²) in [5, 5.41) is 9.68. The van der Waals surface area contributed by atoms with Crippen molar-refractivity contribution in [2.75, 3.05) is 50.8 Å². The van der Waals surface area contributed by atoms with Gasteiger partial charge in [-0.2, -0.15) is 5.26 Å². The van der Waals surface area contributed by atoms with Crippen LogP contribution in [0.4, 0.5) is 10.6 Å². The smallest absolute Gasteiger partial charge is 0.409 e. The van der Waals surface area contributed by atoms with Crippen LogP contribution in [0.25, 0.3) is 6.08 Å². The molecule has 192 valence electrons. The van der Waals surface area contributed by atoms with Crippen LogP contribution in [0.2, 0.25) is 0 Å². The van der Waals surface area contributed by atoms with Gasteiger partial charge in [0, 0.05) is 45.4 Å². The first-order chi connectivity index (χ1) is 17.3. The molecule has 1 atom stereocenters. The van der Waals surface area contributed by atoms with E-state index in [0.717, 1.165) is 12.8 Å². The summed E-state index contributed by atoms with van der Waals surface area (Å²) in [4.78, 5) is 44.0. The predicted octanol–water partition coefficient (Wildman–Crippen LogP) is 2.22. The van der Waals surface area contributed by atoms with E-state index in [1.165, 1.54) is 16.3 Å². The van der Waals surface area contributed by atoms with Gasteiger partial charge in [-0.3, -0.25) is 19.1 Å². The Kier molecular flexibility index (Phi) is 8.02. The topological polar surface area (TPSA) is 108 Å². The molecule has 36 heavy (non-hydrogen) atoms. The monoisotopic (exact) mass is 531 g/mol. The molecule has 12 heteroatoms. The Labute approximate surface area is 219 Å². The molecule has 0 saturated carbocycles. The normalized spacial score (nSPS) is 21.4. The van der Waals surface area contributed by atoms with Crippen LogP contribution in [0.5, 0.6) is 0 Å². The third kappa shape index (κ3) is 5.00. The van der Waals surface area contributed by atoms with Crippen molar-refractivity contribution >= 4 is 52.2 Å². The molecule has 0 aromatic carbocycles. The highest BCUT2D eigenvalue weighted by Crippen LogP contribution is 2.36. The number of thiocarbonyl (C=S) groups is 1. The van der Waals surface area contributed by atoms with Crippen LogP contribution in [0.15, 0.2) is 9.70 Å². The molecule has 2 amide bonds. The van der Waals surface area contributed by atoms with E-state index >= 15 is 0 Å². The number of pyridine rings is 1. The second-order valence-electron chi connectivity index (χ2n) is 8.81. The number of thioether (sulfide) groups is 1. The van der Waals surface area contributed by atoms with E-state index in [1.807, 2.05) is 11.0 Å². The highest BCUT2D eigenvalue weighted by atomic mass is 32.2. The van der Waals surface area contributed by atoms with Crippen molar-refractivity contribution in [1.82, 2.24) is 14.4 Å². The lowest BCUT2D eigenvalue weighted by Crippen LogP contribution is -2.50. The average molecular weight is 532 g/mol. The van der Waals surface area contributed by atoms with Crippen molar-refractivity contribution in [2.24, 2.45) is 7.05 Å². The molecule has 3 aliphatic heterocycles. The number of hydrogen-bond donors (Lipinski definition) is 0. The number of carbonyl (C=O) groups is 2. The average Bonchev–Trinajstić information content (AvgIpc) is 3.47. The van der Waals surface area contributed by atoms with Crippen LogP contribution in [-0.2, 0) is 21.3 Å². The molecule has 10 nitrogen and oxygen atoms in total. The highest BCUT2D eigenvalue weighted by molar-refractivity contribution is 8.26. The third-order valence-corrected chi connectivity index (χ3v) is 8.01. The van der Waals surface area contributed by atoms with E-state index in [2.05, 4.69) is 0 Å². The third-order valence-electron chi connectivity index (χ3n) is 6.63. The van der Waals surface area contributed by atoms with E-state index < -0.39 is 5.56 Å². The fourth-order valence-corrected chi connectivity index (χ4v) is 5.95. The van der Waals surface area contributed by atoms with Crippen molar-refractivity contribution in [2.45, 2.75) is 32.8 Å². The number of hydrogen-bond acceptors (Lipinski definition) is 9. The van der Waals surface area contributed by atoms with Crippen molar-refractivity contribution in [1.29, 1.82) is 5.26 Å². The lowest BCUT2D eigenvalue weighted by atomic mass is 10.0. The lowest BCUT2D eigenvalue weighted by molar-refractivity contribution is -0.123. The summed E-state index contributed by atoms with van der Waals surface area (Å²) in [6.07, 6.45) is 3.21. The van der Waals surface area contributed by atoms with Gasteiger partial charge in [-0.25, -0.2) is 4.79 Å². The quantitative estimate of drug-likeness (QED) is 0.417. The van der Waals surface area contributed by atoms with Gasteiger partial charge < -0.3 is 19.3 Å². The molecule has 0 spiro atoms. The van der Waals surface area contributed by atoms with E-state index in [9.17, 15) is 19.6 Å². The summed E-state index contributed by atoms with van der Waals surface area (Å²) >= 11 is 6.71. The number of piperazine rings is 1. The van der Waals surface area contributed by atoms with Gasteiger partial charge in [-0.1, -0.05) is 24.0 Å². The predicted molar refractivity (Wildman–Crippen MR) is 141 cm³/mol. The number of nitriles is 1. The molecule has 3 aliphatic rings. The molecule has 4 heterocycles. The first kappa shape index (κ1) is 26.2. The largest absolute Gasteiger partial charge is 0.450 e. The maximum absolute atomic E-state index is 13.3. The van der Waals surface area contributed by atoms with Crippen molar-refractivity contribution in [3.63, 3.8) is 0 Å². The van der Waals surface area contributed by atoms with Gasteiger partial charge in [0.15, 0.2) is 0 Å². The van der Waals surface area contributed by atoms with Crippen molar-refractivity contribution < 1.29 is 19.1 Å². The van der Waals surface area contributed by atoms with Crippen LogP contribution in [0.3, 0.4) is 0 Å². The van der Waals surface area contributed by atoms with Gasteiger partial charge in [-0.15, -0.1) is 0 Å². The Hall–Kier alpha value is -2.88. The molecule has 3 fully saturated rings. The SMILES string of the molecule is CCOC(=O)N1CCN(c2c(/C=C3\SC(=S)N(CC4CCCO4)C3=O)c(C)c(C#N)c(=O)n2C)CC1. The molecule has 0 N–H and O–H groups in total. The number of amides is 2. The van der Waals surface area contributed by atoms with Gasteiger partial charge in [0.25, 0.3) is 11.5 Å². The minimum absolute atomic E-state index is 0.0254. The van der Waals surface area contributed by atoms with Gasteiger partial charge in [0.1, 0.15) is 21.8 Å². The van der Waals surface area contributed by atoms with E-state index in [4.69, 9.17) is 21.7 Å². The van der Waals surface area contributed by atoms with Crippen molar-refractivity contribution in [3.8, 4) is 6.07 Å². The van der Waals surface area contributed by atoms with Crippen LogP contribution >= 0.6 is 24.0 Å². The zero-order valence-corrected chi connectivity index (χ0v) is 22.2. The van der Waals surface area contributed by atoms with E-state index in [-0.39, 0.29) is 23.7 Å². The van der Waals surface area contributed by atoms with Crippen LogP contribution < -0.4 is 10.5 Å². The maximum Gasteiger partial charge on any atom is 0.409 e. The molecular formula is C24H29N5O5S2. The zero-order chi connectivity index (χ0) is 26.0. The molecular weight excluding hydrogens is 502 g/mol. The lowest BCUT2D eigenvalue weighted by Gasteiger charge is -2.37. The van der Waals surface area contributed by atoms with E-state index in [1.54, 1.807) is 36.8 Å². The summed E-state index contributed by atoms with van der Waals surface area (Å²) in [6, 6.07) is 2.02. The Morgan fingerprint density at radius 2 is 2.03 bits per heavy atom. The van der Waals surface area contributed by atoms with Crippen LogP contribution in [0, 0.1) is 18.3 Å². The fourth-order valence-electron chi connectivity index (χ4n) is 4.69. The molecule has 1 aromatic heterocycles. The summed E-state index contributed by atoms with van der Waals surface area (Å²) in [5.74, 6) is 0.398. The Morgan fingerprint density at radius 3 is 2.64 bits per heavy atom. The minimum Gasteiger partial charge on any atom is -0.450 e. The Morgan fingerprint density at radius 1 is 1.31 bits per heavy atom. The van der Waals surface area contributed by atoms with Gasteiger partial charge in [-0.05, 0) is 38.3 Å². The van der Waals surface area contributed by atoms with Gasteiger partial charge >= 0.3 is 6.09 Å². The van der Waals surface area contributed by atoms with Crippen molar-refractivity contribution in [3.05, 3.63) is 31.9 Å². The van der Waals surface area contributed by atoms with Crippen LogP contribution in [0.1, 0.15) is 36.5 Å². The summed E-state index contributed by atoms with van der Waals surface area (Å²) < 4.78 is 12.7. The minimum atomic E-state index is -0.402. The first-order valence-corrected chi connectivity index (χ1v) is 13.2. The Bertz CT molecular complexity index is 1210. The molecule has 0 bridgehead atoms. The first-order valence-electron chi connectivity index (χ1n) is 11.9. The highest BCUT2D eigenvalue weighted by Gasteiger charge is 2.35. The molecule has 0 radical (unpaired) electrons. The molecule has 1 unspecified atom stereocenters. The summed E-state index contributed by atoms with van der Waals surface area (Å²) in [6.45, 7) is 6.69. The fraction of sp³-hybridized carbons (Fsp3) is 0.542. The Balaban J connectivity index is 1.68. The number of ether oxygens (including phenoxy) is 2. The van der Waals surface area contributed by atoms with Gasteiger partial charge in [0.2, 0.25) is 0 Å². The van der Waals surface area contributed by atoms with Crippen LogP contribution in [-0.4, -0.2) is 82.7 Å². The molecule has 4 rings (SSSR count). The summed E-state index contributed by atoms with van der Waals surface area (Å²) in [5.41, 5.74) is 0.761. The number of aromatic nitrogens is 1. The number of anilines is 1. The second-order valence-corrected chi connectivity index (χ2v) is 10.5. The number of nitrogens with zero attached hydrogens (tertiary/aromatic N) is 5. The number of rotatable bonds is 5. The standard InChI is InChI=1S/C24H29N5O5S2/c1-4-33-23(32)28-9-7-27(8-10-28)20-17(15(2)18(13-25)21(30)26(20)3)12-19-22(31)29(24(35)36-19)14-16-6-5-11-34-16/h12,16H,4-11,14H2,1-3H3/b19-12-. The maximum atomic E-state index is 13.3. The number of carbonyl (C=O) groups excluding carboxylic acids is 2. The zero-order valence-electron chi connectivity index (χ0n) is 20.6. The van der Waals surface area contributed by atoms with E-state index in [0.29, 0.717) is 72.1 Å². The summed E-state index contributed by atoms with van der Waals surface area (Å²) in [7, 11) is 1.62. The molecule has 3 saturated heterocycles.